The fourth-order valence-corrected chi connectivity index (χ4v) is 5.58. The Morgan fingerprint density at radius 1 is 1.03 bits per heavy atom. The minimum Gasteiger partial charge on any atom is -0.543 e. The minimum absolute atomic E-state index is 0.0116. The molecule has 6 heteroatoms. The number of carbonyl (C=O) groups is 1. The molecule has 180 valence electrons. The number of ether oxygens (including phenoxy) is 1. The molecule has 1 aliphatic heterocycles. The van der Waals surface area contributed by atoms with Crippen molar-refractivity contribution in [3.8, 4) is 5.75 Å². The molecule has 0 aromatic heterocycles. The number of hydrogen-bond donors (Lipinski definition) is 0. The molecular formula is C26H44O4Si2. The Morgan fingerprint density at radius 3 is 2.03 bits per heavy atom. The lowest BCUT2D eigenvalue weighted by Gasteiger charge is -2.45. The van der Waals surface area contributed by atoms with Crippen molar-refractivity contribution in [1.82, 2.24) is 0 Å². The fraction of sp³-hybridized carbons (Fsp3) is 0.654. The van der Waals surface area contributed by atoms with Crippen molar-refractivity contribution >= 4 is 22.6 Å². The van der Waals surface area contributed by atoms with E-state index in [-0.39, 0.29) is 28.1 Å². The van der Waals surface area contributed by atoms with Gasteiger partial charge in [-0.05, 0) is 48.8 Å². The van der Waals surface area contributed by atoms with E-state index in [0.29, 0.717) is 11.3 Å². The van der Waals surface area contributed by atoms with Crippen LogP contribution in [0.25, 0.3) is 0 Å². The molecule has 0 radical (unpaired) electrons. The zero-order valence-corrected chi connectivity index (χ0v) is 24.3. The van der Waals surface area contributed by atoms with E-state index in [1.54, 1.807) is 0 Å². The van der Waals surface area contributed by atoms with Crippen molar-refractivity contribution in [1.29, 1.82) is 0 Å². The minimum atomic E-state index is -2.17. The zero-order chi connectivity index (χ0) is 24.9. The van der Waals surface area contributed by atoms with Crippen LogP contribution < -0.4 is 4.43 Å². The van der Waals surface area contributed by atoms with Crippen LogP contribution in [0.5, 0.6) is 5.75 Å². The van der Waals surface area contributed by atoms with Crippen LogP contribution in [0.2, 0.25) is 36.3 Å². The average Bonchev–Trinajstić information content (AvgIpc) is 2.62. The highest BCUT2D eigenvalue weighted by atomic mass is 28.4. The molecule has 3 atom stereocenters. The number of rotatable bonds is 6. The topological polar surface area (TPSA) is 44.8 Å². The molecule has 1 aliphatic rings. The second kappa shape index (κ2) is 8.76. The summed E-state index contributed by atoms with van der Waals surface area (Å²) in [5.74, 6) is 0.298. The SMILES string of the molecule is C=C[C@@H](C)[C@H]1OC(=O)c2c(ccc(C)c2O[Si](C)(C)C(C)(C)C)[C@@H]1O[Si](C)(C)C(C)(C)C. The standard InChI is InChI=1S/C26H44O4Si2/c1-14-17(2)22-23(30-32(12,13)26(7,8)9)19-16-15-18(3)21(20(19)24(27)28-22)29-31(10,11)25(4,5)6/h14-17,22-23H,1H2,2-13H3/t17-,22-,23+/m1/s1. The lowest BCUT2D eigenvalue weighted by atomic mass is 9.88. The molecule has 0 aliphatic carbocycles. The van der Waals surface area contributed by atoms with Gasteiger partial charge in [0.25, 0.3) is 8.32 Å². The molecule has 0 saturated carbocycles. The van der Waals surface area contributed by atoms with Crippen molar-refractivity contribution in [3.05, 3.63) is 41.5 Å². The van der Waals surface area contributed by atoms with E-state index >= 15 is 0 Å². The van der Waals surface area contributed by atoms with Gasteiger partial charge in [0.05, 0.1) is 0 Å². The number of esters is 1. The first-order chi connectivity index (χ1) is 14.3. The van der Waals surface area contributed by atoms with E-state index in [2.05, 4.69) is 80.4 Å². The van der Waals surface area contributed by atoms with Gasteiger partial charge >= 0.3 is 5.97 Å². The van der Waals surface area contributed by atoms with Crippen molar-refractivity contribution in [2.45, 2.75) is 104 Å². The van der Waals surface area contributed by atoms with Gasteiger partial charge in [-0.1, -0.05) is 66.7 Å². The van der Waals surface area contributed by atoms with E-state index in [4.69, 9.17) is 13.6 Å². The normalized spacial score (nSPS) is 20.9. The van der Waals surface area contributed by atoms with Crippen LogP contribution >= 0.6 is 0 Å². The summed E-state index contributed by atoms with van der Waals surface area (Å²) in [4.78, 5) is 13.4. The maximum absolute atomic E-state index is 13.4. The van der Waals surface area contributed by atoms with Crippen molar-refractivity contribution in [3.63, 3.8) is 0 Å². The second-order valence-corrected chi connectivity index (χ2v) is 21.8. The van der Waals surface area contributed by atoms with Crippen LogP contribution in [0.4, 0.5) is 0 Å². The Hall–Kier alpha value is -1.38. The van der Waals surface area contributed by atoms with E-state index < -0.39 is 22.7 Å². The van der Waals surface area contributed by atoms with Gasteiger partial charge in [0.2, 0.25) is 0 Å². The van der Waals surface area contributed by atoms with Gasteiger partial charge < -0.3 is 13.6 Å². The molecule has 1 aromatic carbocycles. The largest absolute Gasteiger partial charge is 0.543 e. The highest BCUT2D eigenvalue weighted by Crippen LogP contribution is 2.48. The van der Waals surface area contributed by atoms with Gasteiger partial charge in [0.15, 0.2) is 8.32 Å². The molecule has 0 spiro atoms. The summed E-state index contributed by atoms with van der Waals surface area (Å²) in [5.41, 5.74) is 2.36. The van der Waals surface area contributed by atoms with Crippen molar-refractivity contribution in [2.24, 2.45) is 5.92 Å². The predicted octanol–water partition coefficient (Wildman–Crippen LogP) is 7.80. The van der Waals surface area contributed by atoms with Crippen LogP contribution in [0.15, 0.2) is 24.8 Å². The Balaban J connectivity index is 2.70. The Kier molecular flexibility index (Phi) is 7.36. The van der Waals surface area contributed by atoms with E-state index in [0.717, 1.165) is 11.1 Å². The molecule has 1 heterocycles. The molecular weight excluding hydrogens is 432 g/mol. The summed E-state index contributed by atoms with van der Waals surface area (Å²) in [7, 11) is -4.32. The van der Waals surface area contributed by atoms with Crippen LogP contribution in [0.1, 0.15) is 76.1 Å². The predicted molar refractivity (Wildman–Crippen MR) is 139 cm³/mol. The van der Waals surface area contributed by atoms with E-state index in [1.165, 1.54) is 0 Å². The Bertz CT molecular complexity index is 875. The molecule has 0 amide bonds. The van der Waals surface area contributed by atoms with E-state index in [9.17, 15) is 4.79 Å². The second-order valence-electron chi connectivity index (χ2n) is 12.3. The summed E-state index contributed by atoms with van der Waals surface area (Å²) in [6.45, 7) is 30.1. The average molecular weight is 477 g/mol. The Labute approximate surface area is 198 Å². The van der Waals surface area contributed by atoms with Gasteiger partial charge in [-0.15, -0.1) is 6.58 Å². The summed E-state index contributed by atoms with van der Waals surface area (Å²) in [6.07, 6.45) is 1.08. The first-order valence-corrected chi connectivity index (χ1v) is 17.5. The highest BCUT2D eigenvalue weighted by molar-refractivity contribution is 6.75. The van der Waals surface area contributed by atoms with Gasteiger partial charge in [0, 0.05) is 11.5 Å². The maximum atomic E-state index is 13.4. The number of aryl methyl sites for hydroxylation is 1. The Morgan fingerprint density at radius 2 is 1.56 bits per heavy atom. The zero-order valence-electron chi connectivity index (χ0n) is 22.3. The summed E-state index contributed by atoms with van der Waals surface area (Å²) >= 11 is 0. The summed E-state index contributed by atoms with van der Waals surface area (Å²) < 4.78 is 19.7. The van der Waals surface area contributed by atoms with Crippen LogP contribution in [0, 0.1) is 12.8 Å². The third-order valence-corrected chi connectivity index (χ3v) is 16.5. The van der Waals surface area contributed by atoms with Gasteiger partial charge in [-0.2, -0.15) is 0 Å². The number of benzene rings is 1. The number of hydrogen-bond acceptors (Lipinski definition) is 4. The van der Waals surface area contributed by atoms with Gasteiger partial charge in [-0.3, -0.25) is 0 Å². The van der Waals surface area contributed by atoms with Gasteiger partial charge in [-0.25, -0.2) is 4.79 Å². The third-order valence-electron chi connectivity index (χ3n) is 7.72. The quantitative estimate of drug-likeness (QED) is 0.239. The first-order valence-electron chi connectivity index (χ1n) is 11.7. The highest BCUT2D eigenvalue weighted by Gasteiger charge is 2.48. The molecule has 0 saturated heterocycles. The van der Waals surface area contributed by atoms with Crippen molar-refractivity contribution < 1.29 is 18.4 Å². The molecule has 2 rings (SSSR count). The number of cyclic esters (lactones) is 1. The van der Waals surface area contributed by atoms with Crippen molar-refractivity contribution in [2.75, 3.05) is 0 Å². The third kappa shape index (κ3) is 5.07. The van der Waals surface area contributed by atoms with Gasteiger partial charge in [0.1, 0.15) is 23.5 Å². The molecule has 1 aromatic rings. The molecule has 0 N–H and O–H groups in total. The lowest BCUT2D eigenvalue weighted by molar-refractivity contribution is -0.0382. The monoisotopic (exact) mass is 476 g/mol. The van der Waals surface area contributed by atoms with Crippen LogP contribution in [-0.4, -0.2) is 28.7 Å². The lowest BCUT2D eigenvalue weighted by Crippen LogP contribution is -2.48. The maximum Gasteiger partial charge on any atom is 0.342 e. The van der Waals surface area contributed by atoms with Crippen LogP contribution in [0.3, 0.4) is 0 Å². The molecule has 0 bridgehead atoms. The number of fused-ring (bicyclic) bond motifs is 1. The van der Waals surface area contributed by atoms with E-state index in [1.807, 2.05) is 26.0 Å². The molecule has 0 unspecified atom stereocenters. The first kappa shape index (κ1) is 26.9. The summed E-state index contributed by atoms with van der Waals surface area (Å²) in [6, 6.07) is 4.09. The molecule has 32 heavy (non-hydrogen) atoms. The number of carbonyl (C=O) groups excluding carboxylic acids is 1. The fourth-order valence-electron chi connectivity index (χ4n) is 3.25. The van der Waals surface area contributed by atoms with Crippen LogP contribution in [-0.2, 0) is 9.16 Å². The smallest absolute Gasteiger partial charge is 0.342 e. The summed E-state index contributed by atoms with van der Waals surface area (Å²) in [5, 5.41) is 0.0411. The molecule has 4 nitrogen and oxygen atoms in total. The molecule has 0 fully saturated rings.